The first-order valence-electron chi connectivity index (χ1n) is 14.4. The van der Waals surface area contributed by atoms with Crippen molar-refractivity contribution in [1.82, 2.24) is 9.88 Å². The summed E-state index contributed by atoms with van der Waals surface area (Å²) in [5, 5.41) is 33.1. The maximum absolute atomic E-state index is 13.0. The van der Waals surface area contributed by atoms with Crippen LogP contribution in [0.2, 0.25) is 5.02 Å². The predicted octanol–water partition coefficient (Wildman–Crippen LogP) is 3.92. The Bertz CT molecular complexity index is 1320. The fourth-order valence-electron chi connectivity index (χ4n) is 5.99. The number of carboxylic acid groups (broad SMARTS) is 1. The van der Waals surface area contributed by atoms with Gasteiger partial charge >= 0.3 is 5.97 Å². The number of aliphatic carboxylic acids is 1. The molecule has 41 heavy (non-hydrogen) atoms. The lowest BCUT2D eigenvalue weighted by Gasteiger charge is -2.42. The molecule has 3 heterocycles. The molecule has 1 fully saturated rings. The van der Waals surface area contributed by atoms with Crippen molar-refractivity contribution >= 4 is 29.3 Å². The number of pyridine rings is 1. The summed E-state index contributed by atoms with van der Waals surface area (Å²) in [5.74, 6) is -0.855. The highest BCUT2D eigenvalue weighted by Crippen LogP contribution is 2.41. The van der Waals surface area contributed by atoms with E-state index < -0.39 is 30.0 Å². The van der Waals surface area contributed by atoms with Gasteiger partial charge in [0, 0.05) is 31.7 Å². The van der Waals surface area contributed by atoms with Crippen LogP contribution in [0.15, 0.2) is 42.5 Å². The standard InChI is InChI=1S/C31H38ClN3O6/c1-34-14-4-3-7-25(36)24-11-9-21(24)18-35-15-5-2-6-20-16-23(32)10-8-22(20)19-41-26-12-13-27(33-29(26)35)31(40,30(38)39)17-28(34)37/h3,7-8,10,12-13,16,21,24-25,36,40H,2,4-6,9,11,14-15,17-19H2,1H3,(H,38,39)/b7-3+/t21-,24+,25-,31+/m0/s1. The molecule has 2 bridgehead atoms. The van der Waals surface area contributed by atoms with Gasteiger partial charge in [0.1, 0.15) is 6.61 Å². The summed E-state index contributed by atoms with van der Waals surface area (Å²) in [7, 11) is 1.57. The third-order valence-electron chi connectivity index (χ3n) is 8.76. The van der Waals surface area contributed by atoms with E-state index in [1.54, 1.807) is 19.2 Å². The van der Waals surface area contributed by atoms with Crippen LogP contribution in [0.4, 0.5) is 5.82 Å². The number of aliphatic hydroxyl groups is 2. The molecule has 1 aliphatic carbocycles. The van der Waals surface area contributed by atoms with Gasteiger partial charge < -0.3 is 29.9 Å². The van der Waals surface area contributed by atoms with Gasteiger partial charge in [-0.05, 0) is 85.8 Å². The molecule has 3 aliphatic rings. The number of fused-ring (bicyclic) bond motifs is 3. The van der Waals surface area contributed by atoms with Gasteiger partial charge in [0.05, 0.1) is 18.2 Å². The van der Waals surface area contributed by atoms with Gasteiger partial charge in [0.25, 0.3) is 0 Å². The molecule has 0 saturated heterocycles. The molecule has 220 valence electrons. The topological polar surface area (TPSA) is 123 Å². The van der Waals surface area contributed by atoms with Crippen molar-refractivity contribution in [2.75, 3.05) is 31.6 Å². The number of benzene rings is 1. The number of aromatic nitrogens is 1. The normalized spacial score (nSPS) is 28.3. The van der Waals surface area contributed by atoms with Crippen molar-refractivity contribution in [3.05, 3.63) is 64.3 Å². The van der Waals surface area contributed by atoms with Crippen LogP contribution in [0, 0.1) is 11.8 Å². The molecule has 4 atom stereocenters. The fourth-order valence-corrected chi connectivity index (χ4v) is 6.18. The van der Waals surface area contributed by atoms with E-state index in [1.807, 2.05) is 24.3 Å². The molecule has 10 heteroatoms. The molecule has 0 radical (unpaired) electrons. The van der Waals surface area contributed by atoms with Crippen molar-refractivity contribution in [2.24, 2.45) is 11.8 Å². The minimum Gasteiger partial charge on any atom is -0.485 e. The van der Waals surface area contributed by atoms with E-state index in [2.05, 4.69) is 4.90 Å². The van der Waals surface area contributed by atoms with Crippen molar-refractivity contribution in [3.63, 3.8) is 0 Å². The van der Waals surface area contributed by atoms with E-state index in [9.17, 15) is 24.9 Å². The van der Waals surface area contributed by atoms with Gasteiger partial charge in [-0.1, -0.05) is 29.8 Å². The first kappa shape index (κ1) is 29.4. The largest absolute Gasteiger partial charge is 0.485 e. The fraction of sp³-hybridized carbons (Fsp3) is 0.516. The van der Waals surface area contributed by atoms with E-state index >= 15 is 0 Å². The highest BCUT2D eigenvalue weighted by Gasteiger charge is 2.44. The molecule has 0 unspecified atom stereocenters. The maximum Gasteiger partial charge on any atom is 0.342 e. The minimum atomic E-state index is -2.51. The maximum atomic E-state index is 13.0. The number of carbonyl (C=O) groups is 2. The SMILES string of the molecule is CN1CC/C=C/[C@H](O)[C@@H]2CC[C@H]2CN2CCCCc3cc(Cl)ccc3COc3ccc(nc32)[C@@](O)(C(=O)O)CC1=O. The summed E-state index contributed by atoms with van der Waals surface area (Å²) >= 11 is 6.28. The molecule has 5 rings (SSSR count). The zero-order valence-corrected chi connectivity index (χ0v) is 24.1. The van der Waals surface area contributed by atoms with Crippen LogP contribution >= 0.6 is 11.6 Å². The van der Waals surface area contributed by atoms with Gasteiger partial charge in [-0.25, -0.2) is 9.78 Å². The van der Waals surface area contributed by atoms with Crippen molar-refractivity contribution in [1.29, 1.82) is 0 Å². The van der Waals surface area contributed by atoms with Crippen LogP contribution in [0.3, 0.4) is 0 Å². The first-order chi connectivity index (χ1) is 19.7. The number of aliphatic hydroxyl groups excluding tert-OH is 1. The van der Waals surface area contributed by atoms with Crippen LogP contribution in [-0.2, 0) is 28.2 Å². The number of hydrogen-bond acceptors (Lipinski definition) is 7. The van der Waals surface area contributed by atoms with Crippen LogP contribution < -0.4 is 9.64 Å². The summed E-state index contributed by atoms with van der Waals surface area (Å²) < 4.78 is 6.31. The zero-order chi connectivity index (χ0) is 29.1. The summed E-state index contributed by atoms with van der Waals surface area (Å²) in [6.45, 7) is 1.84. The third kappa shape index (κ3) is 6.37. The Hall–Kier alpha value is -3.14. The Morgan fingerprint density at radius 2 is 1.98 bits per heavy atom. The molecule has 3 N–H and O–H groups in total. The number of aryl methyl sites for hydroxylation is 1. The number of amides is 1. The lowest BCUT2D eigenvalue weighted by Crippen LogP contribution is -2.45. The number of anilines is 1. The number of nitrogens with zero attached hydrogens (tertiary/aromatic N) is 3. The molecule has 1 amide bonds. The molecule has 2 aromatic rings. The summed E-state index contributed by atoms with van der Waals surface area (Å²) in [6.07, 6.45) is 7.39. The molecule has 1 saturated carbocycles. The van der Waals surface area contributed by atoms with Crippen LogP contribution in [0.1, 0.15) is 55.3 Å². The van der Waals surface area contributed by atoms with E-state index in [4.69, 9.17) is 21.3 Å². The van der Waals surface area contributed by atoms with Gasteiger partial charge in [0.15, 0.2) is 11.6 Å². The van der Waals surface area contributed by atoms with Gasteiger partial charge in [-0.2, -0.15) is 0 Å². The second-order valence-corrected chi connectivity index (χ2v) is 11.9. The van der Waals surface area contributed by atoms with Crippen molar-refractivity contribution in [2.45, 2.75) is 63.3 Å². The van der Waals surface area contributed by atoms with E-state index in [0.717, 1.165) is 43.2 Å². The quantitative estimate of drug-likeness (QED) is 0.432. The number of hydrogen-bond donors (Lipinski definition) is 3. The predicted molar refractivity (Wildman–Crippen MR) is 155 cm³/mol. The van der Waals surface area contributed by atoms with Gasteiger partial charge in [-0.3, -0.25) is 4.79 Å². The summed E-state index contributed by atoms with van der Waals surface area (Å²) in [5.41, 5.74) is -0.487. The van der Waals surface area contributed by atoms with E-state index in [1.165, 1.54) is 11.0 Å². The molecular formula is C31H38ClN3O6. The molecule has 1 aromatic heterocycles. The molecular weight excluding hydrogens is 546 g/mol. The number of halogens is 1. The number of ether oxygens (including phenoxy) is 1. The first-order valence-corrected chi connectivity index (χ1v) is 14.7. The van der Waals surface area contributed by atoms with Crippen molar-refractivity contribution < 1.29 is 29.6 Å². The molecule has 9 nitrogen and oxygen atoms in total. The van der Waals surface area contributed by atoms with Gasteiger partial charge in [-0.15, -0.1) is 0 Å². The highest BCUT2D eigenvalue weighted by atomic mass is 35.5. The molecule has 0 spiro atoms. The summed E-state index contributed by atoms with van der Waals surface area (Å²) in [4.78, 5) is 33.7. The average Bonchev–Trinajstić information content (AvgIpc) is 2.95. The monoisotopic (exact) mass is 583 g/mol. The zero-order valence-electron chi connectivity index (χ0n) is 23.3. The highest BCUT2D eigenvalue weighted by molar-refractivity contribution is 6.30. The lowest BCUT2D eigenvalue weighted by molar-refractivity contribution is -0.165. The Labute approximate surface area is 245 Å². The third-order valence-corrected chi connectivity index (χ3v) is 8.99. The Balaban J connectivity index is 1.58. The molecule has 2 aliphatic heterocycles. The van der Waals surface area contributed by atoms with Crippen LogP contribution in [-0.4, -0.2) is 69.9 Å². The van der Waals surface area contributed by atoms with Crippen molar-refractivity contribution in [3.8, 4) is 5.75 Å². The summed E-state index contributed by atoms with van der Waals surface area (Å²) in [6, 6.07) is 8.84. The second-order valence-electron chi connectivity index (χ2n) is 11.5. The smallest absolute Gasteiger partial charge is 0.342 e. The lowest BCUT2D eigenvalue weighted by atomic mass is 9.70. The number of rotatable bonds is 1. The molecule has 1 aromatic carbocycles. The van der Waals surface area contributed by atoms with E-state index in [-0.39, 0.29) is 24.1 Å². The van der Waals surface area contributed by atoms with E-state index in [0.29, 0.717) is 42.6 Å². The second kappa shape index (κ2) is 12.4. The number of carboxylic acids is 1. The number of carbonyl (C=O) groups excluding carboxylic acids is 1. The Morgan fingerprint density at radius 1 is 1.15 bits per heavy atom. The average molecular weight is 584 g/mol. The van der Waals surface area contributed by atoms with Crippen LogP contribution in [0.25, 0.3) is 0 Å². The van der Waals surface area contributed by atoms with Crippen LogP contribution in [0.5, 0.6) is 5.75 Å². The van der Waals surface area contributed by atoms with Gasteiger partial charge in [0.2, 0.25) is 11.5 Å². The minimum absolute atomic E-state index is 0.0894. The Kier molecular flexibility index (Phi) is 8.87. The Morgan fingerprint density at radius 3 is 2.73 bits per heavy atom.